The highest BCUT2D eigenvalue weighted by Crippen LogP contribution is 2.30. The van der Waals surface area contributed by atoms with Crippen molar-refractivity contribution < 1.29 is 13.9 Å². The van der Waals surface area contributed by atoms with E-state index in [1.807, 2.05) is 30.3 Å². The van der Waals surface area contributed by atoms with Crippen LogP contribution in [-0.4, -0.2) is 72.2 Å². The van der Waals surface area contributed by atoms with Gasteiger partial charge in [0.2, 0.25) is 5.91 Å². The van der Waals surface area contributed by atoms with Gasteiger partial charge < -0.3 is 15.0 Å². The number of nitrogens with one attached hydrogen (secondary N) is 1. The lowest BCUT2D eigenvalue weighted by molar-refractivity contribution is -0.132. The molecule has 7 nitrogen and oxygen atoms in total. The van der Waals surface area contributed by atoms with E-state index in [-0.39, 0.29) is 31.5 Å². The molecular formula is C22H26FN5O2. The van der Waals surface area contributed by atoms with E-state index in [1.165, 1.54) is 4.90 Å². The number of anilines is 1. The minimum atomic E-state index is -1.10. The Kier molecular flexibility index (Phi) is 6.00. The SMILES string of the molecule is COc1cc(NC2CCN(CC(=O)N3C[C@@H](F)C[C@H]3C#N)CC2)c2cccnc2c1. The van der Waals surface area contributed by atoms with Crippen molar-refractivity contribution in [1.29, 1.82) is 5.26 Å². The summed E-state index contributed by atoms with van der Waals surface area (Å²) in [7, 11) is 1.64. The number of pyridine rings is 1. The Hall–Kier alpha value is -2.92. The van der Waals surface area contributed by atoms with Crippen LogP contribution in [0.2, 0.25) is 0 Å². The van der Waals surface area contributed by atoms with Crippen molar-refractivity contribution in [2.24, 2.45) is 0 Å². The van der Waals surface area contributed by atoms with E-state index in [2.05, 4.69) is 15.2 Å². The minimum Gasteiger partial charge on any atom is -0.497 e. The van der Waals surface area contributed by atoms with Gasteiger partial charge in [0.05, 0.1) is 31.8 Å². The maximum atomic E-state index is 13.6. The monoisotopic (exact) mass is 411 g/mol. The van der Waals surface area contributed by atoms with E-state index in [1.54, 1.807) is 13.3 Å². The van der Waals surface area contributed by atoms with Crippen LogP contribution < -0.4 is 10.1 Å². The Morgan fingerprint density at radius 1 is 1.40 bits per heavy atom. The topological polar surface area (TPSA) is 81.5 Å². The summed E-state index contributed by atoms with van der Waals surface area (Å²) in [6.45, 7) is 1.82. The van der Waals surface area contributed by atoms with Crippen LogP contribution in [0, 0.1) is 11.3 Å². The van der Waals surface area contributed by atoms with Crippen molar-refractivity contribution in [1.82, 2.24) is 14.8 Å². The maximum Gasteiger partial charge on any atom is 0.237 e. The van der Waals surface area contributed by atoms with Crippen LogP contribution in [0.1, 0.15) is 19.3 Å². The second kappa shape index (κ2) is 8.84. The Labute approximate surface area is 175 Å². The lowest BCUT2D eigenvalue weighted by Gasteiger charge is -2.33. The van der Waals surface area contributed by atoms with Crippen molar-refractivity contribution in [3.8, 4) is 11.8 Å². The summed E-state index contributed by atoms with van der Waals surface area (Å²) in [5.74, 6) is 0.605. The van der Waals surface area contributed by atoms with Crippen LogP contribution in [0.25, 0.3) is 10.9 Å². The molecule has 2 aromatic rings. The zero-order valence-corrected chi connectivity index (χ0v) is 17.1. The number of carbonyl (C=O) groups excluding carboxylic acids is 1. The number of nitriles is 1. The molecule has 0 radical (unpaired) electrons. The molecule has 30 heavy (non-hydrogen) atoms. The molecular weight excluding hydrogens is 385 g/mol. The summed E-state index contributed by atoms with van der Waals surface area (Å²) in [5.41, 5.74) is 1.88. The summed E-state index contributed by atoms with van der Waals surface area (Å²) in [6, 6.07) is 9.55. The molecule has 0 bridgehead atoms. The van der Waals surface area contributed by atoms with Crippen LogP contribution in [0.4, 0.5) is 10.1 Å². The van der Waals surface area contributed by atoms with Gasteiger partial charge in [0.15, 0.2) is 0 Å². The number of carbonyl (C=O) groups is 1. The number of benzene rings is 1. The van der Waals surface area contributed by atoms with E-state index < -0.39 is 12.2 Å². The van der Waals surface area contributed by atoms with Gasteiger partial charge in [-0.1, -0.05) is 0 Å². The normalized spacial score (nSPS) is 22.8. The fourth-order valence-electron chi connectivity index (χ4n) is 4.31. The Bertz CT molecular complexity index is 954. The fraction of sp³-hybridized carbons (Fsp3) is 0.500. The molecule has 0 unspecified atom stereocenters. The molecule has 3 heterocycles. The zero-order chi connectivity index (χ0) is 21.1. The number of nitrogens with zero attached hydrogens (tertiary/aromatic N) is 4. The van der Waals surface area contributed by atoms with Crippen LogP contribution in [0.15, 0.2) is 30.5 Å². The molecule has 2 fully saturated rings. The van der Waals surface area contributed by atoms with Crippen LogP contribution >= 0.6 is 0 Å². The highest BCUT2D eigenvalue weighted by Gasteiger charge is 2.36. The molecule has 0 saturated carbocycles. The average molecular weight is 411 g/mol. The first-order valence-corrected chi connectivity index (χ1v) is 10.3. The summed E-state index contributed by atoms with van der Waals surface area (Å²) < 4.78 is 19.0. The average Bonchev–Trinajstić information content (AvgIpc) is 3.16. The first-order chi connectivity index (χ1) is 14.6. The molecule has 2 aliphatic heterocycles. The predicted octanol–water partition coefficient (Wildman–Crippen LogP) is 2.58. The number of methoxy groups -OCH3 is 1. The lowest BCUT2D eigenvalue weighted by Crippen LogP contribution is -2.46. The van der Waals surface area contributed by atoms with Crippen molar-refractivity contribution in [2.45, 2.75) is 37.5 Å². The standard InChI is InChI=1S/C22H26FN5O2/c1-30-18-10-20-19(3-2-6-25-20)21(11-18)26-16-4-7-27(8-5-16)14-22(29)28-13-15(23)9-17(28)12-24/h2-3,6,10-11,15-17,26H,4-5,7-9,13-14H2,1H3/t15-,17-/m0/s1. The van der Waals surface area contributed by atoms with Gasteiger partial charge in [0.25, 0.3) is 0 Å². The van der Waals surface area contributed by atoms with E-state index in [4.69, 9.17) is 10.00 Å². The van der Waals surface area contributed by atoms with Gasteiger partial charge in [-0.25, -0.2) is 4.39 Å². The van der Waals surface area contributed by atoms with Crippen molar-refractivity contribution in [2.75, 3.05) is 38.6 Å². The Balaban J connectivity index is 1.35. The van der Waals surface area contributed by atoms with Gasteiger partial charge in [0.1, 0.15) is 18.0 Å². The van der Waals surface area contributed by atoms with E-state index in [9.17, 15) is 9.18 Å². The van der Waals surface area contributed by atoms with Crippen LogP contribution in [-0.2, 0) is 4.79 Å². The molecule has 2 atom stereocenters. The van der Waals surface area contributed by atoms with Crippen molar-refractivity contribution in [3.05, 3.63) is 30.5 Å². The molecule has 4 rings (SSSR count). The smallest absolute Gasteiger partial charge is 0.237 e. The molecule has 2 aliphatic rings. The quantitative estimate of drug-likeness (QED) is 0.815. The zero-order valence-electron chi connectivity index (χ0n) is 17.1. The maximum absolute atomic E-state index is 13.6. The van der Waals surface area contributed by atoms with Gasteiger partial charge in [-0.05, 0) is 25.0 Å². The van der Waals surface area contributed by atoms with E-state index in [0.717, 1.165) is 48.3 Å². The number of hydrogen-bond acceptors (Lipinski definition) is 6. The second-order valence-corrected chi connectivity index (χ2v) is 7.96. The van der Waals surface area contributed by atoms with Crippen molar-refractivity contribution >= 4 is 22.5 Å². The van der Waals surface area contributed by atoms with Gasteiger partial charge in [-0.3, -0.25) is 14.7 Å². The number of hydrogen-bond donors (Lipinski definition) is 1. The highest BCUT2D eigenvalue weighted by atomic mass is 19.1. The lowest BCUT2D eigenvalue weighted by atomic mass is 10.0. The Morgan fingerprint density at radius 3 is 2.93 bits per heavy atom. The fourth-order valence-corrected chi connectivity index (χ4v) is 4.31. The van der Waals surface area contributed by atoms with Gasteiger partial charge in [-0.2, -0.15) is 5.26 Å². The minimum absolute atomic E-state index is 0.0338. The van der Waals surface area contributed by atoms with Crippen LogP contribution in [0.3, 0.4) is 0 Å². The number of piperidine rings is 1. The molecule has 158 valence electrons. The van der Waals surface area contributed by atoms with Crippen LogP contribution in [0.5, 0.6) is 5.75 Å². The van der Waals surface area contributed by atoms with Gasteiger partial charge >= 0.3 is 0 Å². The van der Waals surface area contributed by atoms with E-state index in [0.29, 0.717) is 0 Å². The largest absolute Gasteiger partial charge is 0.497 e. The number of alkyl halides is 1. The van der Waals surface area contributed by atoms with Gasteiger partial charge in [0, 0.05) is 55.0 Å². The number of likely N-dealkylation sites (tertiary alicyclic amines) is 2. The summed E-state index contributed by atoms with van der Waals surface area (Å²) in [6.07, 6.45) is 2.57. The highest BCUT2D eigenvalue weighted by molar-refractivity contribution is 5.92. The molecule has 1 amide bonds. The van der Waals surface area contributed by atoms with Gasteiger partial charge in [-0.15, -0.1) is 0 Å². The number of fused-ring (bicyclic) bond motifs is 1. The summed E-state index contributed by atoms with van der Waals surface area (Å²) >= 11 is 0. The summed E-state index contributed by atoms with van der Waals surface area (Å²) in [5, 5.41) is 13.8. The number of aromatic nitrogens is 1. The third-order valence-electron chi connectivity index (χ3n) is 5.96. The third kappa shape index (κ3) is 4.31. The molecule has 0 aliphatic carbocycles. The molecule has 2 saturated heterocycles. The molecule has 0 spiro atoms. The number of amides is 1. The summed E-state index contributed by atoms with van der Waals surface area (Å²) in [4.78, 5) is 20.5. The molecule has 1 aromatic carbocycles. The van der Waals surface area contributed by atoms with Crippen molar-refractivity contribution in [3.63, 3.8) is 0 Å². The predicted molar refractivity (Wildman–Crippen MR) is 112 cm³/mol. The molecule has 1 aromatic heterocycles. The molecule has 8 heteroatoms. The number of rotatable bonds is 5. The van der Waals surface area contributed by atoms with E-state index >= 15 is 0 Å². The first kappa shape index (κ1) is 20.4. The Morgan fingerprint density at radius 2 is 2.20 bits per heavy atom. The third-order valence-corrected chi connectivity index (χ3v) is 5.96. The molecule has 1 N–H and O–H groups in total. The second-order valence-electron chi connectivity index (χ2n) is 7.96. The first-order valence-electron chi connectivity index (χ1n) is 10.3. The number of halogens is 1. The number of ether oxygens (including phenoxy) is 1.